The van der Waals surface area contributed by atoms with E-state index < -0.39 is 0 Å². The molecule has 0 bridgehead atoms. The van der Waals surface area contributed by atoms with Gasteiger partial charge in [-0.05, 0) is 39.0 Å². The molecular formula is C21H26N6O. The molecular weight excluding hydrogens is 352 g/mol. The molecule has 0 unspecified atom stereocenters. The van der Waals surface area contributed by atoms with Crippen molar-refractivity contribution in [2.24, 2.45) is 0 Å². The average Bonchev–Trinajstić information content (AvgIpc) is 2.98. The van der Waals surface area contributed by atoms with Crippen molar-refractivity contribution < 1.29 is 4.79 Å². The SMILES string of the molecule is Cc1cc(C)n(C[C@@H](C)NC(=O)c2ccc(-c3cc(N(C)C)ncn3)cc2)n1. The van der Waals surface area contributed by atoms with Crippen LogP contribution in [-0.4, -0.2) is 45.8 Å². The largest absolute Gasteiger partial charge is 0.363 e. The first kappa shape index (κ1) is 19.5. The summed E-state index contributed by atoms with van der Waals surface area (Å²) in [6, 6.07) is 11.4. The first-order valence-corrected chi connectivity index (χ1v) is 9.25. The van der Waals surface area contributed by atoms with Crippen LogP contribution in [0, 0.1) is 13.8 Å². The monoisotopic (exact) mass is 378 g/mol. The Morgan fingerprint density at radius 2 is 1.86 bits per heavy atom. The second-order valence-electron chi connectivity index (χ2n) is 7.22. The maximum atomic E-state index is 12.6. The van der Waals surface area contributed by atoms with Gasteiger partial charge in [-0.25, -0.2) is 9.97 Å². The summed E-state index contributed by atoms with van der Waals surface area (Å²) in [4.78, 5) is 23.0. The molecule has 146 valence electrons. The fourth-order valence-electron chi connectivity index (χ4n) is 3.01. The van der Waals surface area contributed by atoms with Crippen molar-refractivity contribution in [3.05, 3.63) is 59.7 Å². The van der Waals surface area contributed by atoms with Gasteiger partial charge in [0, 0.05) is 43.0 Å². The van der Waals surface area contributed by atoms with Crippen molar-refractivity contribution in [2.45, 2.75) is 33.4 Å². The van der Waals surface area contributed by atoms with Crippen molar-refractivity contribution in [1.82, 2.24) is 25.1 Å². The van der Waals surface area contributed by atoms with Crippen LogP contribution < -0.4 is 10.2 Å². The lowest BCUT2D eigenvalue weighted by molar-refractivity contribution is 0.0936. The number of hydrogen-bond donors (Lipinski definition) is 1. The quantitative estimate of drug-likeness (QED) is 0.714. The summed E-state index contributed by atoms with van der Waals surface area (Å²) in [6.07, 6.45) is 1.55. The van der Waals surface area contributed by atoms with E-state index in [0.29, 0.717) is 12.1 Å². The maximum absolute atomic E-state index is 12.6. The topological polar surface area (TPSA) is 75.9 Å². The van der Waals surface area contributed by atoms with Crippen molar-refractivity contribution in [1.29, 1.82) is 0 Å². The predicted molar refractivity (Wildman–Crippen MR) is 110 cm³/mol. The number of nitrogens with one attached hydrogen (secondary N) is 1. The number of carbonyl (C=O) groups excluding carboxylic acids is 1. The molecule has 0 spiro atoms. The van der Waals surface area contributed by atoms with Gasteiger partial charge in [0.25, 0.3) is 5.91 Å². The molecule has 0 aliphatic rings. The first-order valence-electron chi connectivity index (χ1n) is 9.25. The third-order valence-electron chi connectivity index (χ3n) is 4.48. The van der Waals surface area contributed by atoms with Crippen molar-refractivity contribution in [3.63, 3.8) is 0 Å². The second kappa shape index (κ2) is 8.21. The normalized spacial score (nSPS) is 11.9. The highest BCUT2D eigenvalue weighted by Gasteiger charge is 2.12. The zero-order valence-electron chi connectivity index (χ0n) is 17.0. The van der Waals surface area contributed by atoms with Gasteiger partial charge in [0.05, 0.1) is 17.9 Å². The lowest BCUT2D eigenvalue weighted by atomic mass is 10.1. The van der Waals surface area contributed by atoms with E-state index in [4.69, 9.17) is 0 Å². The Morgan fingerprint density at radius 1 is 1.14 bits per heavy atom. The molecule has 0 saturated carbocycles. The zero-order valence-corrected chi connectivity index (χ0v) is 17.0. The standard InChI is InChI=1S/C21H26N6O/c1-14-10-16(3)27(25-14)12-15(2)24-21(28)18-8-6-17(7-9-18)19-11-20(26(4)5)23-13-22-19/h6-11,13,15H,12H2,1-5H3,(H,24,28)/t15-/m1/s1. The molecule has 3 aromatic rings. The van der Waals surface area contributed by atoms with Crippen LogP contribution in [0.5, 0.6) is 0 Å². The predicted octanol–water partition coefficient (Wildman–Crippen LogP) is 2.84. The molecule has 2 heterocycles. The number of anilines is 1. The van der Waals surface area contributed by atoms with E-state index in [2.05, 4.69) is 20.4 Å². The lowest BCUT2D eigenvalue weighted by Crippen LogP contribution is -2.36. The van der Waals surface area contributed by atoms with Gasteiger partial charge in [-0.2, -0.15) is 5.10 Å². The summed E-state index contributed by atoms with van der Waals surface area (Å²) >= 11 is 0. The van der Waals surface area contributed by atoms with Gasteiger partial charge in [-0.3, -0.25) is 9.48 Å². The molecule has 0 radical (unpaired) electrons. The molecule has 1 amide bonds. The van der Waals surface area contributed by atoms with Gasteiger partial charge < -0.3 is 10.2 Å². The number of nitrogens with zero attached hydrogens (tertiary/aromatic N) is 5. The third-order valence-corrected chi connectivity index (χ3v) is 4.48. The van der Waals surface area contributed by atoms with Crippen LogP contribution in [0.2, 0.25) is 0 Å². The van der Waals surface area contributed by atoms with E-state index >= 15 is 0 Å². The molecule has 1 N–H and O–H groups in total. The highest BCUT2D eigenvalue weighted by atomic mass is 16.1. The lowest BCUT2D eigenvalue weighted by Gasteiger charge is -2.15. The van der Waals surface area contributed by atoms with E-state index in [0.717, 1.165) is 28.5 Å². The van der Waals surface area contributed by atoms with Crippen LogP contribution in [0.4, 0.5) is 5.82 Å². The molecule has 28 heavy (non-hydrogen) atoms. The second-order valence-corrected chi connectivity index (χ2v) is 7.22. The highest BCUT2D eigenvalue weighted by Crippen LogP contribution is 2.20. The Hall–Kier alpha value is -3.22. The van der Waals surface area contributed by atoms with Crippen LogP contribution in [-0.2, 0) is 6.54 Å². The Labute approximate surface area is 165 Å². The first-order chi connectivity index (χ1) is 13.3. The smallest absolute Gasteiger partial charge is 0.251 e. The van der Waals surface area contributed by atoms with Crippen molar-refractivity contribution in [2.75, 3.05) is 19.0 Å². The van der Waals surface area contributed by atoms with Crippen LogP contribution in [0.15, 0.2) is 42.7 Å². The summed E-state index contributed by atoms with van der Waals surface area (Å²) in [7, 11) is 3.87. The number of rotatable bonds is 6. The van der Waals surface area contributed by atoms with Gasteiger partial charge in [0.1, 0.15) is 12.1 Å². The third kappa shape index (κ3) is 4.54. The fraction of sp³-hybridized carbons (Fsp3) is 0.333. The number of benzene rings is 1. The molecule has 1 aromatic carbocycles. The Balaban J connectivity index is 1.66. The Morgan fingerprint density at radius 3 is 2.46 bits per heavy atom. The van der Waals surface area contributed by atoms with E-state index in [1.807, 2.05) is 80.8 Å². The molecule has 2 aromatic heterocycles. The minimum atomic E-state index is -0.0998. The minimum absolute atomic E-state index is 0.0327. The van der Waals surface area contributed by atoms with E-state index in [1.165, 1.54) is 0 Å². The van der Waals surface area contributed by atoms with E-state index in [9.17, 15) is 4.79 Å². The number of aryl methyl sites for hydroxylation is 2. The maximum Gasteiger partial charge on any atom is 0.251 e. The van der Waals surface area contributed by atoms with Gasteiger partial charge in [-0.1, -0.05) is 12.1 Å². The average molecular weight is 378 g/mol. The number of aromatic nitrogens is 4. The van der Waals surface area contributed by atoms with Gasteiger partial charge >= 0.3 is 0 Å². The van der Waals surface area contributed by atoms with Gasteiger partial charge in [0.2, 0.25) is 0 Å². The fourth-order valence-corrected chi connectivity index (χ4v) is 3.01. The molecule has 0 aliphatic heterocycles. The molecule has 1 atom stereocenters. The minimum Gasteiger partial charge on any atom is -0.363 e. The van der Waals surface area contributed by atoms with Gasteiger partial charge in [-0.15, -0.1) is 0 Å². The zero-order chi connectivity index (χ0) is 20.3. The van der Waals surface area contributed by atoms with Crippen LogP contribution in [0.3, 0.4) is 0 Å². The van der Waals surface area contributed by atoms with Crippen LogP contribution >= 0.6 is 0 Å². The van der Waals surface area contributed by atoms with Gasteiger partial charge in [0.15, 0.2) is 0 Å². The highest BCUT2D eigenvalue weighted by molar-refractivity contribution is 5.94. The molecule has 7 nitrogen and oxygen atoms in total. The summed E-state index contributed by atoms with van der Waals surface area (Å²) in [5.41, 5.74) is 4.45. The summed E-state index contributed by atoms with van der Waals surface area (Å²) in [6.45, 7) is 6.60. The molecule has 7 heteroatoms. The molecule has 0 fully saturated rings. The Bertz CT molecular complexity index is 961. The summed E-state index contributed by atoms with van der Waals surface area (Å²) < 4.78 is 1.92. The summed E-state index contributed by atoms with van der Waals surface area (Å²) in [5, 5.41) is 7.48. The number of carbonyl (C=O) groups is 1. The van der Waals surface area contributed by atoms with Crippen molar-refractivity contribution in [3.8, 4) is 11.3 Å². The Kier molecular flexibility index (Phi) is 5.73. The van der Waals surface area contributed by atoms with Crippen LogP contribution in [0.1, 0.15) is 28.7 Å². The van der Waals surface area contributed by atoms with E-state index in [-0.39, 0.29) is 11.9 Å². The molecule has 3 rings (SSSR count). The molecule has 0 aliphatic carbocycles. The number of hydrogen-bond acceptors (Lipinski definition) is 5. The van der Waals surface area contributed by atoms with Crippen LogP contribution in [0.25, 0.3) is 11.3 Å². The molecule has 0 saturated heterocycles. The van der Waals surface area contributed by atoms with E-state index in [1.54, 1.807) is 6.33 Å². The van der Waals surface area contributed by atoms with Crippen molar-refractivity contribution >= 4 is 11.7 Å². The number of amides is 1. The summed E-state index contributed by atoms with van der Waals surface area (Å²) in [5.74, 6) is 0.738.